The summed E-state index contributed by atoms with van der Waals surface area (Å²) in [5.41, 5.74) is 2.55. The van der Waals surface area contributed by atoms with Gasteiger partial charge >= 0.3 is 6.03 Å². The van der Waals surface area contributed by atoms with E-state index >= 15 is 0 Å². The SMILES string of the molecule is Cc1ccc(OC2CCN(C(=O)NC3CCN(C4CC4)CC3)CC2)cc1C. The van der Waals surface area contributed by atoms with Crippen LogP contribution in [0.15, 0.2) is 18.2 Å². The van der Waals surface area contributed by atoms with E-state index in [9.17, 15) is 4.79 Å². The maximum Gasteiger partial charge on any atom is 0.317 e. The molecule has 1 aliphatic carbocycles. The molecule has 5 heteroatoms. The van der Waals surface area contributed by atoms with E-state index in [1.54, 1.807) is 0 Å². The third-order valence-electron chi connectivity index (χ3n) is 6.43. The third-order valence-corrected chi connectivity index (χ3v) is 6.43. The lowest BCUT2D eigenvalue weighted by molar-refractivity contribution is 0.107. The molecule has 2 aliphatic heterocycles. The second-order valence-corrected chi connectivity index (χ2v) is 8.54. The Bertz CT molecular complexity index is 658. The van der Waals surface area contributed by atoms with Crippen LogP contribution in [0.25, 0.3) is 0 Å². The molecule has 2 amide bonds. The summed E-state index contributed by atoms with van der Waals surface area (Å²) in [4.78, 5) is 17.2. The van der Waals surface area contributed by atoms with Crippen molar-refractivity contribution in [3.8, 4) is 5.75 Å². The molecule has 1 saturated carbocycles. The maximum atomic E-state index is 12.6. The van der Waals surface area contributed by atoms with E-state index in [2.05, 4.69) is 42.3 Å². The van der Waals surface area contributed by atoms with Crippen molar-refractivity contribution in [1.29, 1.82) is 0 Å². The van der Waals surface area contributed by atoms with Gasteiger partial charge in [0.25, 0.3) is 0 Å². The lowest BCUT2D eigenvalue weighted by Gasteiger charge is -2.36. The molecule has 27 heavy (non-hydrogen) atoms. The Morgan fingerprint density at radius 3 is 2.30 bits per heavy atom. The number of carbonyl (C=O) groups is 1. The smallest absolute Gasteiger partial charge is 0.317 e. The standard InChI is InChI=1S/C22H33N3O2/c1-16-3-6-21(15-17(16)2)27-20-9-13-25(14-10-20)22(26)23-18-7-11-24(12-8-18)19-4-5-19/h3,6,15,18-20H,4-5,7-14H2,1-2H3,(H,23,26). The summed E-state index contributed by atoms with van der Waals surface area (Å²) >= 11 is 0. The number of rotatable bonds is 4. The third kappa shape index (κ3) is 4.75. The Hall–Kier alpha value is -1.75. The van der Waals surface area contributed by atoms with E-state index < -0.39 is 0 Å². The van der Waals surface area contributed by atoms with Gasteiger partial charge in [-0.2, -0.15) is 0 Å². The number of nitrogens with one attached hydrogen (secondary N) is 1. The van der Waals surface area contributed by atoms with Gasteiger partial charge in [0.1, 0.15) is 11.9 Å². The second-order valence-electron chi connectivity index (χ2n) is 8.54. The second kappa shape index (κ2) is 8.09. The van der Waals surface area contributed by atoms with Crippen molar-refractivity contribution in [2.75, 3.05) is 26.2 Å². The Labute approximate surface area is 163 Å². The van der Waals surface area contributed by atoms with E-state index in [-0.39, 0.29) is 12.1 Å². The molecule has 3 aliphatic rings. The van der Waals surface area contributed by atoms with Crippen LogP contribution in [0.4, 0.5) is 4.79 Å². The molecule has 3 fully saturated rings. The molecular formula is C22H33N3O2. The summed E-state index contributed by atoms with van der Waals surface area (Å²) in [5, 5.41) is 3.27. The van der Waals surface area contributed by atoms with Crippen LogP contribution in [-0.4, -0.2) is 60.2 Å². The first kappa shape index (κ1) is 18.6. The minimum atomic E-state index is 0.115. The van der Waals surface area contributed by atoms with Gasteiger partial charge in [0.05, 0.1) is 0 Å². The van der Waals surface area contributed by atoms with E-state index in [0.717, 1.165) is 63.7 Å². The zero-order valence-corrected chi connectivity index (χ0v) is 16.7. The quantitative estimate of drug-likeness (QED) is 0.881. The molecule has 0 spiro atoms. The van der Waals surface area contributed by atoms with Crippen molar-refractivity contribution in [2.45, 2.75) is 70.6 Å². The largest absolute Gasteiger partial charge is 0.490 e. The van der Waals surface area contributed by atoms with Crippen LogP contribution < -0.4 is 10.1 Å². The summed E-state index contributed by atoms with van der Waals surface area (Å²) in [5.74, 6) is 0.948. The van der Waals surface area contributed by atoms with Gasteiger partial charge in [-0.25, -0.2) is 4.79 Å². The monoisotopic (exact) mass is 371 g/mol. The van der Waals surface area contributed by atoms with Gasteiger partial charge in [0, 0.05) is 51.1 Å². The summed E-state index contributed by atoms with van der Waals surface area (Å²) in [6, 6.07) is 7.58. The van der Waals surface area contributed by atoms with E-state index in [0.29, 0.717) is 6.04 Å². The minimum Gasteiger partial charge on any atom is -0.490 e. The first-order valence-electron chi connectivity index (χ1n) is 10.6. The summed E-state index contributed by atoms with van der Waals surface area (Å²) < 4.78 is 6.15. The number of urea groups is 1. The Kier molecular flexibility index (Phi) is 5.58. The highest BCUT2D eigenvalue weighted by molar-refractivity contribution is 5.74. The number of piperidine rings is 2. The molecule has 4 rings (SSSR count). The van der Waals surface area contributed by atoms with Gasteiger partial charge in [-0.05, 0) is 62.8 Å². The van der Waals surface area contributed by atoms with Gasteiger partial charge in [-0.3, -0.25) is 0 Å². The van der Waals surface area contributed by atoms with E-state index in [1.807, 2.05) is 4.90 Å². The molecule has 2 heterocycles. The van der Waals surface area contributed by atoms with Crippen LogP contribution in [0, 0.1) is 13.8 Å². The molecule has 148 valence electrons. The molecule has 0 aromatic heterocycles. The van der Waals surface area contributed by atoms with Gasteiger partial charge in [0.15, 0.2) is 0 Å². The molecule has 1 aromatic carbocycles. The highest BCUT2D eigenvalue weighted by Crippen LogP contribution is 2.29. The van der Waals surface area contributed by atoms with Gasteiger partial charge in [-0.1, -0.05) is 6.07 Å². The lowest BCUT2D eigenvalue weighted by atomic mass is 10.0. The highest BCUT2D eigenvalue weighted by Gasteiger charge is 2.33. The molecule has 0 unspecified atom stereocenters. The fourth-order valence-electron chi connectivity index (χ4n) is 4.27. The number of ether oxygens (including phenoxy) is 1. The predicted octanol–water partition coefficient (Wildman–Crippen LogP) is 3.48. The average Bonchev–Trinajstić information content (AvgIpc) is 3.51. The number of likely N-dealkylation sites (tertiary alicyclic amines) is 2. The van der Waals surface area contributed by atoms with Crippen molar-refractivity contribution >= 4 is 6.03 Å². The van der Waals surface area contributed by atoms with Crippen LogP contribution in [-0.2, 0) is 0 Å². The van der Waals surface area contributed by atoms with Crippen LogP contribution in [0.5, 0.6) is 5.75 Å². The number of amides is 2. The molecule has 0 radical (unpaired) electrons. The molecule has 5 nitrogen and oxygen atoms in total. The number of nitrogens with zero attached hydrogens (tertiary/aromatic N) is 2. The van der Waals surface area contributed by atoms with Crippen LogP contribution in [0.1, 0.15) is 49.7 Å². The number of carbonyl (C=O) groups excluding carboxylic acids is 1. The zero-order chi connectivity index (χ0) is 18.8. The van der Waals surface area contributed by atoms with Gasteiger partial charge in [-0.15, -0.1) is 0 Å². The molecule has 2 saturated heterocycles. The highest BCUT2D eigenvalue weighted by atomic mass is 16.5. The van der Waals surface area contributed by atoms with Crippen LogP contribution >= 0.6 is 0 Å². The maximum absolute atomic E-state index is 12.6. The lowest BCUT2D eigenvalue weighted by Crippen LogP contribution is -2.52. The Morgan fingerprint density at radius 1 is 0.963 bits per heavy atom. The number of hydrogen-bond acceptors (Lipinski definition) is 3. The molecule has 0 atom stereocenters. The fourth-order valence-corrected chi connectivity index (χ4v) is 4.27. The van der Waals surface area contributed by atoms with E-state index in [4.69, 9.17) is 4.74 Å². The van der Waals surface area contributed by atoms with Gasteiger partial charge in [0.2, 0.25) is 0 Å². The van der Waals surface area contributed by atoms with Gasteiger partial charge < -0.3 is 19.9 Å². The van der Waals surface area contributed by atoms with Crippen molar-refractivity contribution in [2.24, 2.45) is 0 Å². The van der Waals surface area contributed by atoms with Crippen LogP contribution in [0.3, 0.4) is 0 Å². The van der Waals surface area contributed by atoms with Crippen LogP contribution in [0.2, 0.25) is 0 Å². The van der Waals surface area contributed by atoms with E-state index in [1.165, 1.54) is 24.0 Å². The zero-order valence-electron chi connectivity index (χ0n) is 16.7. The van der Waals surface area contributed by atoms with Crippen molar-refractivity contribution in [1.82, 2.24) is 15.1 Å². The van der Waals surface area contributed by atoms with Crippen molar-refractivity contribution in [3.63, 3.8) is 0 Å². The number of hydrogen-bond donors (Lipinski definition) is 1. The number of aryl methyl sites for hydroxylation is 2. The minimum absolute atomic E-state index is 0.115. The summed E-state index contributed by atoms with van der Waals surface area (Å²) in [6.07, 6.45) is 6.94. The molecule has 1 N–H and O–H groups in total. The van der Waals surface area contributed by atoms with Crippen molar-refractivity contribution < 1.29 is 9.53 Å². The first-order valence-corrected chi connectivity index (χ1v) is 10.6. The molecular weight excluding hydrogens is 338 g/mol. The summed E-state index contributed by atoms with van der Waals surface area (Å²) in [7, 11) is 0. The molecule has 0 bridgehead atoms. The Balaban J connectivity index is 1.19. The predicted molar refractivity (Wildman–Crippen MR) is 107 cm³/mol. The topological polar surface area (TPSA) is 44.8 Å². The fraction of sp³-hybridized carbons (Fsp3) is 0.682. The number of benzene rings is 1. The van der Waals surface area contributed by atoms with Crippen molar-refractivity contribution in [3.05, 3.63) is 29.3 Å². The normalized spacial score (nSPS) is 22.7. The average molecular weight is 372 g/mol. The first-order chi connectivity index (χ1) is 13.1. The molecule has 1 aromatic rings. The Morgan fingerprint density at radius 2 is 1.67 bits per heavy atom. The summed E-state index contributed by atoms with van der Waals surface area (Å²) in [6.45, 7) is 8.07.